The minimum absolute atomic E-state index is 0.257. The molecule has 0 bridgehead atoms. The van der Waals surface area contributed by atoms with Gasteiger partial charge in [-0.3, -0.25) is 5.10 Å². The van der Waals surface area contributed by atoms with Gasteiger partial charge in [0.15, 0.2) is 5.65 Å². The fourth-order valence-electron chi connectivity index (χ4n) is 1.38. The molecule has 8 heteroatoms. The second kappa shape index (κ2) is 5.98. The monoisotopic (exact) mass is 269 g/mol. The van der Waals surface area contributed by atoms with Gasteiger partial charge in [-0.1, -0.05) is 0 Å². The van der Waals surface area contributed by atoms with E-state index in [1.54, 1.807) is 6.20 Å². The second-order valence-electron chi connectivity index (χ2n) is 3.66. The van der Waals surface area contributed by atoms with Crippen LogP contribution in [0.1, 0.15) is 6.92 Å². The van der Waals surface area contributed by atoms with Crippen molar-refractivity contribution in [2.45, 2.75) is 18.1 Å². The van der Waals surface area contributed by atoms with Crippen LogP contribution in [-0.4, -0.2) is 55.4 Å². The molecule has 0 aliphatic rings. The molecule has 2 aromatic rings. The van der Waals surface area contributed by atoms with Gasteiger partial charge in [0.1, 0.15) is 5.03 Å². The lowest BCUT2D eigenvalue weighted by atomic mass is 10.4. The summed E-state index contributed by atoms with van der Waals surface area (Å²) in [6.07, 6.45) is 0.896. The summed E-state index contributed by atoms with van der Waals surface area (Å²) in [5.74, 6) is 0.898. The standard InChI is InChI=1S/C10H15N5O2S/c1-2-11-10-13-8-7(3-12-15-8)9(14-10)18-5-6(17)4-16/h3,6,16-17H,2,4-5H2,1H3,(H2,11,12,13,14,15). The molecule has 0 saturated carbocycles. The Bertz CT molecular complexity index is 518. The minimum atomic E-state index is -0.755. The maximum absolute atomic E-state index is 9.36. The van der Waals surface area contributed by atoms with Gasteiger partial charge in [-0.15, -0.1) is 11.8 Å². The van der Waals surface area contributed by atoms with E-state index in [1.807, 2.05) is 6.92 Å². The Morgan fingerprint density at radius 3 is 3.06 bits per heavy atom. The van der Waals surface area contributed by atoms with E-state index in [9.17, 15) is 5.11 Å². The Morgan fingerprint density at radius 2 is 2.33 bits per heavy atom. The molecule has 0 aromatic carbocycles. The summed E-state index contributed by atoms with van der Waals surface area (Å²) in [4.78, 5) is 8.62. The zero-order valence-corrected chi connectivity index (χ0v) is 10.7. The Morgan fingerprint density at radius 1 is 1.50 bits per heavy atom. The van der Waals surface area contributed by atoms with Crippen molar-refractivity contribution in [3.63, 3.8) is 0 Å². The predicted molar refractivity (Wildman–Crippen MR) is 69.7 cm³/mol. The Labute approximate surface area is 108 Å². The number of H-pyrrole nitrogens is 1. The smallest absolute Gasteiger partial charge is 0.225 e. The number of aromatic amines is 1. The van der Waals surface area contributed by atoms with Crippen LogP contribution >= 0.6 is 11.8 Å². The molecule has 2 aromatic heterocycles. The molecule has 4 N–H and O–H groups in total. The molecule has 0 amide bonds. The lowest BCUT2D eigenvalue weighted by Crippen LogP contribution is -2.14. The molecule has 0 fully saturated rings. The highest BCUT2D eigenvalue weighted by atomic mass is 32.2. The van der Waals surface area contributed by atoms with Crippen molar-refractivity contribution in [1.29, 1.82) is 0 Å². The Balaban J connectivity index is 2.25. The normalized spacial score (nSPS) is 12.8. The molecule has 2 heterocycles. The van der Waals surface area contributed by atoms with E-state index in [0.717, 1.165) is 17.0 Å². The van der Waals surface area contributed by atoms with E-state index in [2.05, 4.69) is 25.5 Å². The van der Waals surface area contributed by atoms with Crippen molar-refractivity contribution in [3.05, 3.63) is 6.20 Å². The molecular formula is C10H15N5O2S. The largest absolute Gasteiger partial charge is 0.394 e. The summed E-state index contributed by atoms with van der Waals surface area (Å²) in [5.41, 5.74) is 0.655. The number of thioether (sulfide) groups is 1. The highest BCUT2D eigenvalue weighted by Gasteiger charge is 2.11. The van der Waals surface area contributed by atoms with Crippen molar-refractivity contribution in [3.8, 4) is 0 Å². The number of aromatic nitrogens is 4. The van der Waals surface area contributed by atoms with Crippen LogP contribution in [0.15, 0.2) is 11.2 Å². The Kier molecular flexibility index (Phi) is 4.34. The number of anilines is 1. The highest BCUT2D eigenvalue weighted by Crippen LogP contribution is 2.25. The van der Waals surface area contributed by atoms with Gasteiger partial charge in [-0.2, -0.15) is 10.1 Å². The van der Waals surface area contributed by atoms with Crippen molar-refractivity contribution in [2.75, 3.05) is 24.2 Å². The topological polar surface area (TPSA) is 107 Å². The van der Waals surface area contributed by atoms with Gasteiger partial charge in [0.05, 0.1) is 24.3 Å². The maximum Gasteiger partial charge on any atom is 0.225 e. The first-order chi connectivity index (χ1) is 8.74. The van der Waals surface area contributed by atoms with E-state index >= 15 is 0 Å². The first-order valence-corrected chi connectivity index (χ1v) is 6.59. The van der Waals surface area contributed by atoms with Gasteiger partial charge in [0.25, 0.3) is 0 Å². The van der Waals surface area contributed by atoms with Crippen LogP contribution in [-0.2, 0) is 0 Å². The van der Waals surface area contributed by atoms with Crippen LogP contribution in [0, 0.1) is 0 Å². The minimum Gasteiger partial charge on any atom is -0.394 e. The predicted octanol–water partition coefficient (Wildman–Crippen LogP) is 0.230. The summed E-state index contributed by atoms with van der Waals surface area (Å²) in [7, 11) is 0. The van der Waals surface area contributed by atoms with Crippen LogP contribution in [0.3, 0.4) is 0 Å². The third-order valence-electron chi connectivity index (χ3n) is 2.23. The van der Waals surface area contributed by atoms with Crippen molar-refractivity contribution >= 4 is 28.7 Å². The van der Waals surface area contributed by atoms with Crippen LogP contribution < -0.4 is 5.32 Å². The van der Waals surface area contributed by atoms with Crippen molar-refractivity contribution < 1.29 is 10.2 Å². The number of hydrogen-bond acceptors (Lipinski definition) is 7. The van der Waals surface area contributed by atoms with E-state index < -0.39 is 6.10 Å². The van der Waals surface area contributed by atoms with E-state index in [1.165, 1.54) is 11.8 Å². The van der Waals surface area contributed by atoms with E-state index in [4.69, 9.17) is 5.11 Å². The summed E-state index contributed by atoms with van der Waals surface area (Å²) in [6, 6.07) is 0. The quantitative estimate of drug-likeness (QED) is 0.439. The fraction of sp³-hybridized carbons (Fsp3) is 0.500. The van der Waals surface area contributed by atoms with E-state index in [-0.39, 0.29) is 6.61 Å². The van der Waals surface area contributed by atoms with Crippen LogP contribution in [0.4, 0.5) is 5.95 Å². The summed E-state index contributed by atoms with van der Waals surface area (Å²) < 4.78 is 0. The van der Waals surface area contributed by atoms with Gasteiger partial charge < -0.3 is 15.5 Å². The zero-order valence-electron chi connectivity index (χ0n) is 9.92. The molecule has 98 valence electrons. The van der Waals surface area contributed by atoms with Gasteiger partial charge in [0.2, 0.25) is 5.95 Å². The maximum atomic E-state index is 9.36. The van der Waals surface area contributed by atoms with Crippen LogP contribution in [0.25, 0.3) is 11.0 Å². The molecule has 18 heavy (non-hydrogen) atoms. The van der Waals surface area contributed by atoms with Gasteiger partial charge >= 0.3 is 0 Å². The SMILES string of the molecule is CCNc1nc(SCC(O)CO)c2cn[nH]c2n1. The van der Waals surface area contributed by atoms with Gasteiger partial charge in [0, 0.05) is 12.3 Å². The summed E-state index contributed by atoms with van der Waals surface area (Å²) in [6.45, 7) is 2.43. The fourth-order valence-corrected chi connectivity index (χ4v) is 2.29. The molecule has 1 atom stereocenters. The first kappa shape index (κ1) is 13.1. The number of aliphatic hydroxyl groups excluding tert-OH is 2. The lowest BCUT2D eigenvalue weighted by Gasteiger charge is -2.08. The Hall–Kier alpha value is -1.38. The molecule has 2 rings (SSSR count). The summed E-state index contributed by atoms with van der Waals surface area (Å²) >= 11 is 1.37. The molecule has 0 spiro atoms. The van der Waals surface area contributed by atoms with E-state index in [0.29, 0.717) is 17.3 Å². The third kappa shape index (κ3) is 2.89. The third-order valence-corrected chi connectivity index (χ3v) is 3.37. The molecule has 1 unspecified atom stereocenters. The van der Waals surface area contributed by atoms with Crippen molar-refractivity contribution in [1.82, 2.24) is 20.2 Å². The average Bonchev–Trinajstić information content (AvgIpc) is 2.84. The summed E-state index contributed by atoms with van der Waals surface area (Å²) in [5, 5.41) is 29.5. The van der Waals surface area contributed by atoms with Crippen LogP contribution in [0.2, 0.25) is 0 Å². The van der Waals surface area contributed by atoms with Gasteiger partial charge in [-0.05, 0) is 6.92 Å². The molecule has 0 radical (unpaired) electrons. The molecule has 0 aliphatic carbocycles. The molecule has 0 saturated heterocycles. The number of fused-ring (bicyclic) bond motifs is 1. The highest BCUT2D eigenvalue weighted by molar-refractivity contribution is 7.99. The van der Waals surface area contributed by atoms with Crippen LogP contribution in [0.5, 0.6) is 0 Å². The number of aliphatic hydroxyl groups is 2. The first-order valence-electron chi connectivity index (χ1n) is 5.61. The second-order valence-corrected chi connectivity index (χ2v) is 4.67. The number of rotatable bonds is 6. The zero-order chi connectivity index (χ0) is 13.0. The van der Waals surface area contributed by atoms with Gasteiger partial charge in [-0.25, -0.2) is 4.98 Å². The molecule has 0 aliphatic heterocycles. The average molecular weight is 269 g/mol. The molecule has 7 nitrogen and oxygen atoms in total. The lowest BCUT2D eigenvalue weighted by molar-refractivity contribution is 0.113. The van der Waals surface area contributed by atoms with Crippen molar-refractivity contribution in [2.24, 2.45) is 0 Å². The molecular weight excluding hydrogens is 254 g/mol. The number of hydrogen-bond donors (Lipinski definition) is 4. The number of nitrogens with zero attached hydrogens (tertiary/aromatic N) is 3. The number of nitrogens with one attached hydrogen (secondary N) is 2.